The number of ether oxygens (including phenoxy) is 1. The van der Waals surface area contributed by atoms with E-state index in [1.165, 1.54) is 18.9 Å². The van der Waals surface area contributed by atoms with Gasteiger partial charge in [0, 0.05) is 28.5 Å². The number of hydrogen-bond acceptors (Lipinski definition) is 4. The lowest BCUT2D eigenvalue weighted by Gasteiger charge is -2.28. The minimum absolute atomic E-state index is 0.105. The Morgan fingerprint density at radius 3 is 2.38 bits per heavy atom. The summed E-state index contributed by atoms with van der Waals surface area (Å²) in [6.45, 7) is 4.92. The van der Waals surface area contributed by atoms with Crippen LogP contribution < -0.4 is 4.90 Å². The number of benzene rings is 2. The molecule has 1 heterocycles. The van der Waals surface area contributed by atoms with Gasteiger partial charge in [0.1, 0.15) is 0 Å². The fraction of sp³-hybridized carbons (Fsp3) is 0.250. The fourth-order valence-corrected chi connectivity index (χ4v) is 4.24. The highest BCUT2D eigenvalue weighted by atomic mass is 79.9. The second-order valence-electron chi connectivity index (χ2n) is 6.49. The third kappa shape index (κ3) is 4.65. The zero-order valence-corrected chi connectivity index (χ0v) is 19.9. The standard InChI is InChI=1S/C20H18Br2ClN3O3/c1-11-16(21)8-14(9-17(11)22)25(12(2)27)10-19-26(13(3)28)24-20(29-19)15-6-4-5-7-18(15)23/h4-9,19H,10H2,1-3H3/t19-/m0/s1. The molecule has 1 atom stereocenters. The Hall–Kier alpha value is -1.90. The highest BCUT2D eigenvalue weighted by molar-refractivity contribution is 9.11. The molecule has 6 nitrogen and oxygen atoms in total. The van der Waals surface area contributed by atoms with Crippen LogP contribution in [0.4, 0.5) is 5.69 Å². The molecule has 0 saturated carbocycles. The van der Waals surface area contributed by atoms with Crippen LogP contribution in [0.25, 0.3) is 0 Å². The smallest absolute Gasteiger partial charge is 0.243 e. The first-order chi connectivity index (χ1) is 13.7. The van der Waals surface area contributed by atoms with Crippen molar-refractivity contribution in [1.29, 1.82) is 0 Å². The molecule has 0 unspecified atom stereocenters. The van der Waals surface area contributed by atoms with Crippen LogP contribution in [0.15, 0.2) is 50.4 Å². The summed E-state index contributed by atoms with van der Waals surface area (Å²) in [5.74, 6) is -0.247. The summed E-state index contributed by atoms with van der Waals surface area (Å²) in [5.41, 5.74) is 2.27. The Labute approximate surface area is 190 Å². The number of anilines is 1. The van der Waals surface area contributed by atoms with Crippen LogP contribution in [0.5, 0.6) is 0 Å². The highest BCUT2D eigenvalue weighted by Crippen LogP contribution is 2.32. The SMILES string of the molecule is CC(=O)N(C[C@@H]1OC(c2ccccc2Cl)=NN1C(C)=O)c1cc(Br)c(C)c(Br)c1. The van der Waals surface area contributed by atoms with Gasteiger partial charge in [-0.2, -0.15) is 5.01 Å². The van der Waals surface area contributed by atoms with Gasteiger partial charge in [-0.05, 0) is 36.8 Å². The number of hydrogen-bond donors (Lipinski definition) is 0. The second-order valence-corrected chi connectivity index (χ2v) is 8.60. The number of halogens is 3. The number of carbonyl (C=O) groups excluding carboxylic acids is 2. The Morgan fingerprint density at radius 1 is 1.21 bits per heavy atom. The topological polar surface area (TPSA) is 62.2 Å². The Kier molecular flexibility index (Phi) is 6.65. The van der Waals surface area contributed by atoms with Crippen molar-refractivity contribution in [3.63, 3.8) is 0 Å². The Morgan fingerprint density at radius 2 is 1.83 bits per heavy atom. The summed E-state index contributed by atoms with van der Waals surface area (Å²) >= 11 is 13.3. The Bertz CT molecular complexity index is 989. The van der Waals surface area contributed by atoms with Gasteiger partial charge in [-0.3, -0.25) is 9.59 Å². The predicted octanol–water partition coefficient (Wildman–Crippen LogP) is 5.09. The molecule has 0 aromatic heterocycles. The number of amides is 2. The summed E-state index contributed by atoms with van der Waals surface area (Å²) in [6, 6.07) is 10.8. The van der Waals surface area contributed by atoms with E-state index in [4.69, 9.17) is 16.3 Å². The molecule has 0 spiro atoms. The molecule has 0 fully saturated rings. The lowest BCUT2D eigenvalue weighted by Crippen LogP contribution is -2.44. The average molecular weight is 544 g/mol. The molecule has 0 bridgehead atoms. The van der Waals surface area contributed by atoms with Crippen molar-refractivity contribution >= 4 is 66.9 Å². The minimum Gasteiger partial charge on any atom is -0.448 e. The molecule has 2 aromatic carbocycles. The van der Waals surface area contributed by atoms with Gasteiger partial charge < -0.3 is 9.64 Å². The number of rotatable bonds is 4. The Balaban J connectivity index is 1.91. The third-order valence-corrected chi connectivity index (χ3v) is 6.42. The van der Waals surface area contributed by atoms with Crippen molar-refractivity contribution in [3.8, 4) is 0 Å². The van der Waals surface area contributed by atoms with Crippen LogP contribution in [0.2, 0.25) is 5.02 Å². The fourth-order valence-electron chi connectivity index (χ4n) is 2.86. The molecule has 2 aromatic rings. The molecular formula is C20H18Br2ClN3O3. The number of nitrogens with zero attached hydrogens (tertiary/aromatic N) is 3. The summed E-state index contributed by atoms with van der Waals surface area (Å²) < 4.78 is 7.66. The van der Waals surface area contributed by atoms with Gasteiger partial charge in [0.15, 0.2) is 0 Å². The first-order valence-electron chi connectivity index (χ1n) is 8.72. The first-order valence-corrected chi connectivity index (χ1v) is 10.7. The molecule has 152 valence electrons. The molecule has 0 N–H and O–H groups in total. The van der Waals surface area contributed by atoms with E-state index in [2.05, 4.69) is 37.0 Å². The summed E-state index contributed by atoms with van der Waals surface area (Å²) in [7, 11) is 0. The number of hydrazone groups is 1. The van der Waals surface area contributed by atoms with Gasteiger partial charge in [0.25, 0.3) is 0 Å². The van der Waals surface area contributed by atoms with Crippen LogP contribution in [-0.2, 0) is 14.3 Å². The van der Waals surface area contributed by atoms with Gasteiger partial charge in [-0.1, -0.05) is 55.6 Å². The molecule has 9 heteroatoms. The van der Waals surface area contributed by atoms with Gasteiger partial charge in [0.05, 0.1) is 17.1 Å². The average Bonchev–Trinajstić information content (AvgIpc) is 3.08. The van der Waals surface area contributed by atoms with Crippen LogP contribution in [0.1, 0.15) is 25.0 Å². The quantitative estimate of drug-likeness (QED) is 0.540. The monoisotopic (exact) mass is 541 g/mol. The molecule has 1 aliphatic heterocycles. The van der Waals surface area contributed by atoms with E-state index in [9.17, 15) is 9.59 Å². The summed E-state index contributed by atoms with van der Waals surface area (Å²) in [5, 5.41) is 5.98. The van der Waals surface area contributed by atoms with E-state index >= 15 is 0 Å². The largest absolute Gasteiger partial charge is 0.448 e. The second kappa shape index (κ2) is 8.85. The lowest BCUT2D eigenvalue weighted by molar-refractivity contribution is -0.135. The van der Waals surface area contributed by atoms with Gasteiger partial charge in [0.2, 0.25) is 23.9 Å². The zero-order chi connectivity index (χ0) is 21.3. The summed E-state index contributed by atoms with van der Waals surface area (Å²) in [6.07, 6.45) is -0.776. The molecule has 1 aliphatic rings. The van der Waals surface area contributed by atoms with E-state index in [0.717, 1.165) is 14.5 Å². The van der Waals surface area contributed by atoms with Crippen LogP contribution >= 0.6 is 43.5 Å². The van der Waals surface area contributed by atoms with Crippen molar-refractivity contribution in [2.75, 3.05) is 11.4 Å². The predicted molar refractivity (Wildman–Crippen MR) is 120 cm³/mol. The lowest BCUT2D eigenvalue weighted by atomic mass is 10.2. The number of carbonyl (C=O) groups is 2. The molecule has 2 amide bonds. The van der Waals surface area contributed by atoms with Crippen molar-refractivity contribution in [3.05, 3.63) is 61.5 Å². The zero-order valence-electron chi connectivity index (χ0n) is 15.9. The van der Waals surface area contributed by atoms with Crippen LogP contribution in [0.3, 0.4) is 0 Å². The van der Waals surface area contributed by atoms with Crippen molar-refractivity contribution < 1.29 is 14.3 Å². The van der Waals surface area contributed by atoms with E-state index in [1.54, 1.807) is 23.1 Å². The molecule has 3 rings (SSSR count). The van der Waals surface area contributed by atoms with Crippen molar-refractivity contribution in [2.45, 2.75) is 27.0 Å². The maximum absolute atomic E-state index is 12.4. The van der Waals surface area contributed by atoms with Crippen LogP contribution in [0, 0.1) is 6.92 Å². The van der Waals surface area contributed by atoms with E-state index in [1.807, 2.05) is 25.1 Å². The normalized spacial score (nSPS) is 15.7. The molecular weight excluding hydrogens is 525 g/mol. The molecule has 0 saturated heterocycles. The van der Waals surface area contributed by atoms with E-state index in [0.29, 0.717) is 16.3 Å². The molecule has 0 radical (unpaired) electrons. The van der Waals surface area contributed by atoms with E-state index < -0.39 is 6.23 Å². The summed E-state index contributed by atoms with van der Waals surface area (Å²) in [4.78, 5) is 26.1. The van der Waals surface area contributed by atoms with E-state index in [-0.39, 0.29) is 24.3 Å². The third-order valence-electron chi connectivity index (χ3n) is 4.44. The molecule has 29 heavy (non-hydrogen) atoms. The minimum atomic E-state index is -0.776. The maximum atomic E-state index is 12.4. The maximum Gasteiger partial charge on any atom is 0.243 e. The van der Waals surface area contributed by atoms with Crippen molar-refractivity contribution in [2.24, 2.45) is 5.10 Å². The highest BCUT2D eigenvalue weighted by Gasteiger charge is 2.35. The van der Waals surface area contributed by atoms with Crippen LogP contribution in [-0.4, -0.2) is 35.5 Å². The molecule has 0 aliphatic carbocycles. The van der Waals surface area contributed by atoms with Gasteiger partial charge >= 0.3 is 0 Å². The van der Waals surface area contributed by atoms with Crippen molar-refractivity contribution in [1.82, 2.24) is 5.01 Å². The first kappa shape index (κ1) is 21.8. The van der Waals surface area contributed by atoms with Gasteiger partial charge in [-0.15, -0.1) is 5.10 Å². The van der Waals surface area contributed by atoms with Gasteiger partial charge in [-0.25, -0.2) is 0 Å².